The van der Waals surface area contributed by atoms with Crippen LogP contribution in [0.5, 0.6) is 0 Å². The fourth-order valence-electron chi connectivity index (χ4n) is 2.53. The molecule has 0 atom stereocenters. The Bertz CT molecular complexity index is 197. The van der Waals surface area contributed by atoms with Gasteiger partial charge in [-0.2, -0.15) is 0 Å². The second kappa shape index (κ2) is 20.1. The van der Waals surface area contributed by atoms with Crippen molar-refractivity contribution in [2.45, 2.75) is 104 Å². The highest BCUT2D eigenvalue weighted by Gasteiger charge is 2.36. The van der Waals surface area contributed by atoms with E-state index in [9.17, 15) is 0 Å². The van der Waals surface area contributed by atoms with E-state index in [-0.39, 0.29) is 0 Å². The normalized spacial score (nSPS) is 11.2. The van der Waals surface area contributed by atoms with Gasteiger partial charge in [0.1, 0.15) is 0 Å². The van der Waals surface area contributed by atoms with Gasteiger partial charge in [0.2, 0.25) is 0 Å². The van der Waals surface area contributed by atoms with Gasteiger partial charge in [-0.1, -0.05) is 91.4 Å². The average molecular weight is 349 g/mol. The van der Waals surface area contributed by atoms with Crippen LogP contribution in [-0.4, -0.2) is 30.1 Å². The lowest BCUT2D eigenvalue weighted by molar-refractivity contribution is 0.122. The van der Waals surface area contributed by atoms with E-state index in [1.807, 2.05) is 0 Å². The van der Waals surface area contributed by atoms with E-state index >= 15 is 0 Å². The fourth-order valence-corrected chi connectivity index (χ4v) is 4.33. The molecule has 0 heterocycles. The van der Waals surface area contributed by atoms with E-state index in [2.05, 4.69) is 20.8 Å². The molecule has 0 aromatic heterocycles. The first-order valence-corrected chi connectivity index (χ1v) is 11.7. The molecule has 0 aromatic rings. The summed E-state index contributed by atoms with van der Waals surface area (Å²) in [6, 6.07) is 0.936. The van der Waals surface area contributed by atoms with Gasteiger partial charge in [-0.05, 0) is 6.42 Å². The first-order chi connectivity index (χ1) is 11.2. The largest absolute Gasteiger partial charge is 0.500 e. The summed E-state index contributed by atoms with van der Waals surface area (Å²) in [6.45, 7) is 6.72. The molecule has 3 nitrogen and oxygen atoms in total. The van der Waals surface area contributed by atoms with Gasteiger partial charge in [0.05, 0.1) is 0 Å². The first kappa shape index (κ1) is 25.3. The molecule has 0 N–H and O–H groups in total. The van der Waals surface area contributed by atoms with Gasteiger partial charge >= 0.3 is 8.80 Å². The van der Waals surface area contributed by atoms with E-state index < -0.39 is 8.80 Å². The Kier molecular flexibility index (Phi) is 22.2. The molecule has 142 valence electrons. The molecule has 0 unspecified atom stereocenters. The molecule has 0 bridgehead atoms. The van der Waals surface area contributed by atoms with Crippen LogP contribution >= 0.6 is 0 Å². The Labute approximate surface area is 147 Å². The molecule has 0 aliphatic carbocycles. The molecule has 0 spiro atoms. The summed E-state index contributed by atoms with van der Waals surface area (Å²) in [5, 5.41) is 0. The maximum absolute atomic E-state index is 5.39. The highest BCUT2D eigenvalue weighted by Crippen LogP contribution is 2.18. The van der Waals surface area contributed by atoms with Crippen molar-refractivity contribution >= 4 is 8.80 Å². The number of unbranched alkanes of at least 4 members (excludes halogenated alkanes) is 10. The summed E-state index contributed by atoms with van der Waals surface area (Å²) in [4.78, 5) is 0. The fraction of sp³-hybridized carbons (Fsp3) is 1.00. The second-order valence-electron chi connectivity index (χ2n) is 6.23. The minimum absolute atomic E-state index is 0.936. The monoisotopic (exact) mass is 348 g/mol. The molecule has 0 radical (unpaired) electrons. The van der Waals surface area contributed by atoms with Crippen molar-refractivity contribution in [2.24, 2.45) is 0 Å². The summed E-state index contributed by atoms with van der Waals surface area (Å²) < 4.78 is 16.2. The zero-order chi connectivity index (χ0) is 17.8. The SMILES string of the molecule is CCCCCC.CCCCCCCCCC[Si](OC)(OC)OC. The lowest BCUT2D eigenvalue weighted by Crippen LogP contribution is -2.42. The van der Waals surface area contributed by atoms with Gasteiger partial charge in [-0.25, -0.2) is 0 Å². The molecule has 0 saturated heterocycles. The summed E-state index contributed by atoms with van der Waals surface area (Å²) in [7, 11) is 2.75. The minimum atomic E-state index is -2.30. The van der Waals surface area contributed by atoms with E-state index in [4.69, 9.17) is 13.3 Å². The predicted octanol–water partition coefficient (Wildman–Crippen LogP) is 6.59. The molecule has 0 saturated carbocycles. The maximum atomic E-state index is 5.39. The van der Waals surface area contributed by atoms with Crippen LogP contribution in [0.2, 0.25) is 6.04 Å². The Morgan fingerprint density at radius 1 is 0.478 bits per heavy atom. The molecule has 0 amide bonds. The molecule has 4 heteroatoms. The van der Waals surface area contributed by atoms with Crippen molar-refractivity contribution in [3.63, 3.8) is 0 Å². The van der Waals surface area contributed by atoms with Gasteiger partial charge in [0.25, 0.3) is 0 Å². The number of hydrogen-bond donors (Lipinski definition) is 0. The van der Waals surface area contributed by atoms with E-state index in [1.165, 1.54) is 70.6 Å². The number of rotatable bonds is 15. The van der Waals surface area contributed by atoms with Crippen LogP contribution in [-0.2, 0) is 13.3 Å². The first-order valence-electron chi connectivity index (χ1n) is 9.81. The molecular weight excluding hydrogens is 304 g/mol. The molecule has 23 heavy (non-hydrogen) atoms. The van der Waals surface area contributed by atoms with E-state index in [1.54, 1.807) is 21.3 Å². The third-order valence-corrected chi connectivity index (χ3v) is 7.06. The van der Waals surface area contributed by atoms with Crippen molar-refractivity contribution in [2.75, 3.05) is 21.3 Å². The molecule has 0 fully saturated rings. The average Bonchev–Trinajstić information content (AvgIpc) is 2.60. The van der Waals surface area contributed by atoms with Gasteiger partial charge in [-0.15, -0.1) is 0 Å². The van der Waals surface area contributed by atoms with Gasteiger partial charge in [0.15, 0.2) is 0 Å². The van der Waals surface area contributed by atoms with Crippen molar-refractivity contribution in [3.05, 3.63) is 0 Å². The van der Waals surface area contributed by atoms with Crippen molar-refractivity contribution in [3.8, 4) is 0 Å². The van der Waals surface area contributed by atoms with Crippen LogP contribution in [0.1, 0.15) is 97.8 Å². The topological polar surface area (TPSA) is 27.7 Å². The smallest absolute Gasteiger partial charge is 0.377 e. The van der Waals surface area contributed by atoms with Crippen LogP contribution in [0.25, 0.3) is 0 Å². The third-order valence-electron chi connectivity index (χ3n) is 4.23. The summed E-state index contributed by atoms with van der Waals surface area (Å²) >= 11 is 0. The summed E-state index contributed by atoms with van der Waals surface area (Å²) in [5.41, 5.74) is 0. The molecule has 0 aliphatic rings. The Morgan fingerprint density at radius 3 is 1.13 bits per heavy atom. The Morgan fingerprint density at radius 2 is 0.783 bits per heavy atom. The summed E-state index contributed by atoms with van der Waals surface area (Å²) in [5.74, 6) is 0. The Hall–Kier alpha value is 0.0969. The standard InChI is InChI=1S/C13H30O3Si.C6H14/c1-5-6-7-8-9-10-11-12-13-17(14-2,15-3)16-4;1-3-5-6-4-2/h5-13H2,1-4H3;3-6H2,1-2H3. The number of hydrogen-bond acceptors (Lipinski definition) is 3. The zero-order valence-electron chi connectivity index (χ0n) is 16.9. The molecular formula is C19H44O3Si. The highest BCUT2D eigenvalue weighted by atomic mass is 28.4. The summed E-state index contributed by atoms with van der Waals surface area (Å²) in [6.07, 6.45) is 16.1. The predicted molar refractivity (Wildman–Crippen MR) is 104 cm³/mol. The van der Waals surface area contributed by atoms with E-state index in [0.29, 0.717) is 0 Å². The van der Waals surface area contributed by atoms with Crippen LogP contribution < -0.4 is 0 Å². The van der Waals surface area contributed by atoms with Crippen molar-refractivity contribution in [1.82, 2.24) is 0 Å². The molecule has 0 aromatic carbocycles. The molecule has 0 rings (SSSR count). The van der Waals surface area contributed by atoms with Crippen LogP contribution in [0.15, 0.2) is 0 Å². The zero-order valence-corrected chi connectivity index (χ0v) is 17.9. The maximum Gasteiger partial charge on any atom is 0.500 e. The van der Waals surface area contributed by atoms with Gasteiger partial charge < -0.3 is 13.3 Å². The van der Waals surface area contributed by atoms with Crippen LogP contribution in [0.3, 0.4) is 0 Å². The van der Waals surface area contributed by atoms with Gasteiger partial charge in [0, 0.05) is 27.4 Å². The van der Waals surface area contributed by atoms with Gasteiger partial charge in [-0.3, -0.25) is 0 Å². The lowest BCUT2D eigenvalue weighted by Gasteiger charge is -2.24. The van der Waals surface area contributed by atoms with Crippen molar-refractivity contribution in [1.29, 1.82) is 0 Å². The quantitative estimate of drug-likeness (QED) is 0.247. The van der Waals surface area contributed by atoms with Crippen LogP contribution in [0, 0.1) is 0 Å². The van der Waals surface area contributed by atoms with E-state index in [0.717, 1.165) is 12.5 Å². The second-order valence-corrected chi connectivity index (χ2v) is 9.32. The highest BCUT2D eigenvalue weighted by molar-refractivity contribution is 6.60. The Balaban J connectivity index is 0. The van der Waals surface area contributed by atoms with Crippen LogP contribution in [0.4, 0.5) is 0 Å². The molecule has 0 aliphatic heterocycles. The third kappa shape index (κ3) is 16.7. The lowest BCUT2D eigenvalue weighted by atomic mass is 10.1. The minimum Gasteiger partial charge on any atom is -0.377 e. The van der Waals surface area contributed by atoms with Crippen molar-refractivity contribution < 1.29 is 13.3 Å².